The Bertz CT molecular complexity index is 699. The summed E-state index contributed by atoms with van der Waals surface area (Å²) in [4.78, 5) is 26.5. The number of nitrogens with one attached hydrogen (secondary N) is 1. The van der Waals surface area contributed by atoms with E-state index < -0.39 is 5.91 Å². The van der Waals surface area contributed by atoms with E-state index in [1.165, 1.54) is 25.4 Å². The molecule has 2 amide bonds. The highest BCUT2D eigenvalue weighted by atomic mass is 32.1. The van der Waals surface area contributed by atoms with Crippen LogP contribution >= 0.6 is 11.3 Å². The molecular formula is C14H15N3O4S. The van der Waals surface area contributed by atoms with Gasteiger partial charge in [-0.15, -0.1) is 11.3 Å². The fourth-order valence-electron chi connectivity index (χ4n) is 1.69. The molecule has 1 heterocycles. The predicted octanol–water partition coefficient (Wildman–Crippen LogP) is 1.79. The van der Waals surface area contributed by atoms with Crippen molar-refractivity contribution in [2.45, 2.75) is 13.5 Å². The summed E-state index contributed by atoms with van der Waals surface area (Å²) in [5.41, 5.74) is 6.21. The number of amides is 2. The number of anilines is 1. The second kappa shape index (κ2) is 6.90. The number of primary amides is 1. The quantitative estimate of drug-likeness (QED) is 0.844. The van der Waals surface area contributed by atoms with Crippen molar-refractivity contribution in [1.82, 2.24) is 4.98 Å². The van der Waals surface area contributed by atoms with Gasteiger partial charge in [0.15, 0.2) is 5.13 Å². The third-order valence-electron chi connectivity index (χ3n) is 2.66. The third-order valence-corrected chi connectivity index (χ3v) is 3.47. The van der Waals surface area contributed by atoms with Crippen LogP contribution < -0.4 is 20.5 Å². The zero-order valence-electron chi connectivity index (χ0n) is 12.1. The second-order valence-electron chi connectivity index (χ2n) is 4.34. The van der Waals surface area contributed by atoms with E-state index in [0.717, 1.165) is 0 Å². The van der Waals surface area contributed by atoms with E-state index in [9.17, 15) is 9.59 Å². The van der Waals surface area contributed by atoms with Gasteiger partial charge in [0.05, 0.1) is 18.4 Å². The molecule has 7 nitrogen and oxygen atoms in total. The van der Waals surface area contributed by atoms with Crippen LogP contribution in [0.1, 0.15) is 23.0 Å². The lowest BCUT2D eigenvalue weighted by Gasteiger charge is -2.10. The standard InChI is InChI=1S/C14H15N3O4S/c1-8(18)16-14-17-9(7-22-14)6-21-12-5-10(20-2)3-4-11(12)13(15)19/h3-5,7H,6H2,1-2H3,(H2,15,19)(H,16,17,18). The molecule has 116 valence electrons. The maximum Gasteiger partial charge on any atom is 0.252 e. The normalized spacial score (nSPS) is 10.1. The van der Waals surface area contributed by atoms with E-state index in [4.69, 9.17) is 15.2 Å². The largest absolute Gasteiger partial charge is 0.497 e. The molecule has 22 heavy (non-hydrogen) atoms. The van der Waals surface area contributed by atoms with Crippen LogP contribution in [0.4, 0.5) is 5.13 Å². The zero-order valence-corrected chi connectivity index (χ0v) is 12.9. The molecule has 2 aromatic rings. The predicted molar refractivity (Wildman–Crippen MR) is 82.3 cm³/mol. The molecule has 2 rings (SSSR count). The lowest BCUT2D eigenvalue weighted by Crippen LogP contribution is -2.13. The number of rotatable bonds is 6. The summed E-state index contributed by atoms with van der Waals surface area (Å²) in [5.74, 6) is 0.0960. The summed E-state index contributed by atoms with van der Waals surface area (Å²) in [6.07, 6.45) is 0. The van der Waals surface area contributed by atoms with E-state index in [1.807, 2.05) is 0 Å². The van der Waals surface area contributed by atoms with Crippen molar-refractivity contribution in [2.75, 3.05) is 12.4 Å². The van der Waals surface area contributed by atoms with Crippen molar-refractivity contribution in [3.8, 4) is 11.5 Å². The Morgan fingerprint density at radius 3 is 2.82 bits per heavy atom. The minimum Gasteiger partial charge on any atom is -0.497 e. The molecule has 0 unspecified atom stereocenters. The molecule has 0 fully saturated rings. The molecule has 0 aliphatic carbocycles. The summed E-state index contributed by atoms with van der Waals surface area (Å²) >= 11 is 1.29. The minimum atomic E-state index is -0.588. The van der Waals surface area contributed by atoms with E-state index in [2.05, 4.69) is 10.3 Å². The molecule has 0 saturated heterocycles. The summed E-state index contributed by atoms with van der Waals surface area (Å²) in [6, 6.07) is 4.76. The highest BCUT2D eigenvalue weighted by Gasteiger charge is 2.12. The number of hydrogen-bond acceptors (Lipinski definition) is 6. The van der Waals surface area contributed by atoms with Crippen molar-refractivity contribution < 1.29 is 19.1 Å². The molecule has 1 aromatic heterocycles. The Kier molecular flexibility index (Phi) is 4.95. The smallest absolute Gasteiger partial charge is 0.252 e. The van der Waals surface area contributed by atoms with E-state index in [-0.39, 0.29) is 18.1 Å². The first kappa shape index (κ1) is 15.8. The van der Waals surface area contributed by atoms with Crippen molar-refractivity contribution in [1.29, 1.82) is 0 Å². The van der Waals surface area contributed by atoms with Crippen molar-refractivity contribution >= 4 is 28.3 Å². The van der Waals surface area contributed by atoms with Gasteiger partial charge in [0, 0.05) is 18.4 Å². The van der Waals surface area contributed by atoms with Gasteiger partial charge in [0.1, 0.15) is 18.1 Å². The maximum absolute atomic E-state index is 11.4. The number of hydrogen-bond donors (Lipinski definition) is 2. The number of nitrogens with zero attached hydrogens (tertiary/aromatic N) is 1. The third kappa shape index (κ3) is 3.95. The lowest BCUT2D eigenvalue weighted by molar-refractivity contribution is -0.114. The van der Waals surface area contributed by atoms with Gasteiger partial charge < -0.3 is 20.5 Å². The van der Waals surface area contributed by atoms with Gasteiger partial charge >= 0.3 is 0 Å². The summed E-state index contributed by atoms with van der Waals surface area (Å²) < 4.78 is 10.7. The van der Waals surface area contributed by atoms with Crippen LogP contribution in [0, 0.1) is 0 Å². The SMILES string of the molecule is COc1ccc(C(N)=O)c(OCc2csc(NC(C)=O)n2)c1. The lowest BCUT2D eigenvalue weighted by atomic mass is 10.2. The van der Waals surface area contributed by atoms with Crippen LogP contribution in [0.25, 0.3) is 0 Å². The van der Waals surface area contributed by atoms with Crippen LogP contribution in [0.15, 0.2) is 23.6 Å². The first-order valence-corrected chi connectivity index (χ1v) is 7.20. The van der Waals surface area contributed by atoms with Gasteiger partial charge in [0.25, 0.3) is 5.91 Å². The summed E-state index contributed by atoms with van der Waals surface area (Å²) in [5, 5.41) is 4.84. The van der Waals surface area contributed by atoms with Crippen LogP contribution in [-0.2, 0) is 11.4 Å². The molecule has 0 aliphatic rings. The first-order chi connectivity index (χ1) is 10.5. The Morgan fingerprint density at radius 2 is 2.18 bits per heavy atom. The Labute approximate surface area is 131 Å². The molecule has 0 bridgehead atoms. The highest BCUT2D eigenvalue weighted by Crippen LogP contribution is 2.26. The van der Waals surface area contributed by atoms with Gasteiger partial charge in [-0.05, 0) is 12.1 Å². The van der Waals surface area contributed by atoms with Gasteiger partial charge in [0.2, 0.25) is 5.91 Å². The van der Waals surface area contributed by atoms with Crippen molar-refractivity contribution in [3.05, 3.63) is 34.8 Å². The van der Waals surface area contributed by atoms with Gasteiger partial charge in [-0.2, -0.15) is 0 Å². The molecule has 0 saturated carbocycles. The van der Waals surface area contributed by atoms with Crippen molar-refractivity contribution in [3.63, 3.8) is 0 Å². The number of aromatic nitrogens is 1. The maximum atomic E-state index is 11.4. The number of benzene rings is 1. The van der Waals surface area contributed by atoms with E-state index >= 15 is 0 Å². The number of carbonyl (C=O) groups excluding carboxylic acids is 2. The molecule has 0 atom stereocenters. The van der Waals surface area contributed by atoms with Crippen LogP contribution in [-0.4, -0.2) is 23.9 Å². The topological polar surface area (TPSA) is 104 Å². The van der Waals surface area contributed by atoms with Gasteiger partial charge in [-0.25, -0.2) is 4.98 Å². The average molecular weight is 321 g/mol. The van der Waals surface area contributed by atoms with Crippen LogP contribution in [0.3, 0.4) is 0 Å². The average Bonchev–Trinajstić information content (AvgIpc) is 2.91. The fraction of sp³-hybridized carbons (Fsp3) is 0.214. The van der Waals surface area contributed by atoms with Crippen LogP contribution in [0.5, 0.6) is 11.5 Å². The van der Waals surface area contributed by atoms with E-state index in [1.54, 1.807) is 23.6 Å². The Morgan fingerprint density at radius 1 is 1.41 bits per heavy atom. The number of ether oxygens (including phenoxy) is 2. The Balaban J connectivity index is 2.11. The highest BCUT2D eigenvalue weighted by molar-refractivity contribution is 7.13. The molecular weight excluding hydrogens is 306 g/mol. The monoisotopic (exact) mass is 321 g/mol. The second-order valence-corrected chi connectivity index (χ2v) is 5.20. The summed E-state index contributed by atoms with van der Waals surface area (Å²) in [6.45, 7) is 1.55. The Hall–Kier alpha value is -2.61. The number of thiazole rings is 1. The molecule has 8 heteroatoms. The number of nitrogens with two attached hydrogens (primary N) is 1. The minimum absolute atomic E-state index is 0.142. The number of carbonyl (C=O) groups is 2. The number of methoxy groups -OCH3 is 1. The molecule has 1 aromatic carbocycles. The van der Waals surface area contributed by atoms with Crippen LogP contribution in [0.2, 0.25) is 0 Å². The zero-order chi connectivity index (χ0) is 16.1. The van der Waals surface area contributed by atoms with Gasteiger partial charge in [-0.3, -0.25) is 9.59 Å². The first-order valence-electron chi connectivity index (χ1n) is 6.32. The van der Waals surface area contributed by atoms with Gasteiger partial charge in [-0.1, -0.05) is 0 Å². The molecule has 0 spiro atoms. The van der Waals surface area contributed by atoms with E-state index in [0.29, 0.717) is 22.3 Å². The molecule has 3 N–H and O–H groups in total. The summed E-state index contributed by atoms with van der Waals surface area (Å²) in [7, 11) is 1.52. The molecule has 0 radical (unpaired) electrons. The molecule has 0 aliphatic heterocycles. The fourth-order valence-corrected chi connectivity index (χ4v) is 2.43. The van der Waals surface area contributed by atoms with Crippen molar-refractivity contribution in [2.24, 2.45) is 5.73 Å².